The molecular weight excluding hydrogens is 354 g/mol. The van der Waals surface area contributed by atoms with Crippen LogP contribution in [0.2, 0.25) is 0 Å². The number of ether oxygens (including phenoxy) is 1. The zero-order chi connectivity index (χ0) is 19.3. The zero-order valence-electron chi connectivity index (χ0n) is 17.1. The van der Waals surface area contributed by atoms with E-state index in [4.69, 9.17) is 4.74 Å². The molecule has 1 aromatic rings. The molecule has 0 saturated carbocycles. The molecule has 1 unspecified atom stereocenters. The molecule has 3 fully saturated rings. The molecule has 3 aliphatic heterocycles. The number of hydrogen-bond acceptors (Lipinski definition) is 6. The number of carbonyl (C=O) groups excluding carboxylic acids is 1. The lowest BCUT2D eigenvalue weighted by Crippen LogP contribution is -2.51. The van der Waals surface area contributed by atoms with Crippen LogP contribution in [-0.2, 0) is 16.1 Å². The molecule has 1 atom stereocenters. The maximum absolute atomic E-state index is 12.8. The highest BCUT2D eigenvalue weighted by molar-refractivity contribution is 5.79. The van der Waals surface area contributed by atoms with Gasteiger partial charge in [0.15, 0.2) is 0 Å². The third-order valence-corrected chi connectivity index (χ3v) is 6.53. The summed E-state index contributed by atoms with van der Waals surface area (Å²) in [5, 5.41) is 0. The molecule has 0 aliphatic carbocycles. The quantitative estimate of drug-likeness (QED) is 0.769. The second-order valence-corrected chi connectivity index (χ2v) is 8.39. The highest BCUT2D eigenvalue weighted by atomic mass is 16.5. The average Bonchev–Trinajstić information content (AvgIpc) is 3.29. The molecule has 4 rings (SSSR count). The summed E-state index contributed by atoms with van der Waals surface area (Å²) < 4.78 is 5.19. The van der Waals surface area contributed by atoms with Gasteiger partial charge in [-0.05, 0) is 45.1 Å². The number of anilines is 1. The Morgan fingerprint density at radius 1 is 1.07 bits per heavy atom. The van der Waals surface area contributed by atoms with Crippen LogP contribution in [0.5, 0.6) is 0 Å². The van der Waals surface area contributed by atoms with Gasteiger partial charge in [0, 0.05) is 51.9 Å². The number of likely N-dealkylation sites (tertiary alicyclic amines) is 2. The molecular formula is C21H33N5O2. The summed E-state index contributed by atoms with van der Waals surface area (Å²) in [6, 6.07) is 2.63. The summed E-state index contributed by atoms with van der Waals surface area (Å²) in [6.45, 7) is 6.57. The fourth-order valence-electron chi connectivity index (χ4n) is 4.98. The van der Waals surface area contributed by atoms with Gasteiger partial charge in [-0.15, -0.1) is 0 Å². The first kappa shape index (κ1) is 19.6. The molecule has 154 valence electrons. The minimum absolute atomic E-state index is 0.211. The lowest BCUT2D eigenvalue weighted by molar-refractivity contribution is -0.136. The third-order valence-electron chi connectivity index (χ3n) is 6.53. The number of aromatic nitrogens is 2. The number of piperidine rings is 2. The van der Waals surface area contributed by atoms with Crippen LogP contribution in [0.25, 0.3) is 0 Å². The fraction of sp³-hybridized carbons (Fsp3) is 0.762. The molecule has 7 heteroatoms. The van der Waals surface area contributed by atoms with Crippen molar-refractivity contribution in [3.05, 3.63) is 18.1 Å². The lowest BCUT2D eigenvalue weighted by atomic mass is 9.93. The highest BCUT2D eigenvalue weighted by Gasteiger charge is 2.34. The van der Waals surface area contributed by atoms with Gasteiger partial charge >= 0.3 is 0 Å². The molecule has 7 nitrogen and oxygen atoms in total. The Morgan fingerprint density at radius 2 is 1.86 bits per heavy atom. The zero-order valence-corrected chi connectivity index (χ0v) is 17.1. The second-order valence-electron chi connectivity index (χ2n) is 8.39. The van der Waals surface area contributed by atoms with Gasteiger partial charge in [0.1, 0.15) is 12.1 Å². The Labute approximate surface area is 168 Å². The first-order valence-electron chi connectivity index (χ1n) is 10.8. The Morgan fingerprint density at radius 3 is 2.61 bits per heavy atom. The van der Waals surface area contributed by atoms with Crippen LogP contribution in [0.1, 0.15) is 44.2 Å². The van der Waals surface area contributed by atoms with Gasteiger partial charge in [-0.3, -0.25) is 9.69 Å². The molecule has 4 heterocycles. The van der Waals surface area contributed by atoms with Crippen LogP contribution in [-0.4, -0.2) is 78.1 Å². The molecule has 28 heavy (non-hydrogen) atoms. The van der Waals surface area contributed by atoms with E-state index in [-0.39, 0.29) is 5.92 Å². The van der Waals surface area contributed by atoms with E-state index in [9.17, 15) is 4.79 Å². The maximum Gasteiger partial charge on any atom is 0.226 e. The van der Waals surface area contributed by atoms with Gasteiger partial charge in [0.05, 0.1) is 18.2 Å². The first-order valence-corrected chi connectivity index (χ1v) is 10.8. The van der Waals surface area contributed by atoms with Gasteiger partial charge in [0.2, 0.25) is 5.91 Å². The predicted molar refractivity (Wildman–Crippen MR) is 108 cm³/mol. The fourth-order valence-corrected chi connectivity index (χ4v) is 4.98. The number of amides is 1. The number of hydrogen-bond donors (Lipinski definition) is 0. The molecule has 3 saturated heterocycles. The van der Waals surface area contributed by atoms with Gasteiger partial charge in [-0.25, -0.2) is 9.97 Å². The molecule has 0 aromatic carbocycles. The Hall–Kier alpha value is -1.73. The largest absolute Gasteiger partial charge is 0.378 e. The van der Waals surface area contributed by atoms with Crippen molar-refractivity contribution in [3.8, 4) is 0 Å². The van der Waals surface area contributed by atoms with Gasteiger partial charge in [-0.1, -0.05) is 0 Å². The van der Waals surface area contributed by atoms with E-state index in [1.807, 2.05) is 6.07 Å². The Kier molecular flexibility index (Phi) is 6.42. The average molecular weight is 388 g/mol. The van der Waals surface area contributed by atoms with Crippen LogP contribution in [0, 0.1) is 5.92 Å². The molecule has 1 aromatic heterocycles. The van der Waals surface area contributed by atoms with Gasteiger partial charge in [-0.2, -0.15) is 0 Å². The van der Waals surface area contributed by atoms with Gasteiger partial charge in [0.25, 0.3) is 0 Å². The minimum Gasteiger partial charge on any atom is -0.378 e. The standard InChI is InChI=1S/C21H33N5O2/c1-28-15-18-13-20(23-16-22-18)24-11-6-19(7-12-24)26-10-4-5-17(14-26)21(27)25-8-2-3-9-25/h13,16-17,19H,2-12,14-15H2,1H3. The number of carbonyl (C=O) groups is 1. The second kappa shape index (κ2) is 9.18. The molecule has 0 spiro atoms. The number of methoxy groups -OCH3 is 1. The van der Waals surface area contributed by atoms with Crippen LogP contribution in [0.15, 0.2) is 12.4 Å². The van der Waals surface area contributed by atoms with Crippen molar-refractivity contribution in [2.24, 2.45) is 5.92 Å². The van der Waals surface area contributed by atoms with E-state index in [2.05, 4.69) is 24.7 Å². The summed E-state index contributed by atoms with van der Waals surface area (Å²) in [5.74, 6) is 1.62. The highest BCUT2D eigenvalue weighted by Crippen LogP contribution is 2.27. The third kappa shape index (κ3) is 4.46. The van der Waals surface area contributed by atoms with Crippen molar-refractivity contribution in [1.29, 1.82) is 0 Å². The predicted octanol–water partition coefficient (Wildman–Crippen LogP) is 1.93. The lowest BCUT2D eigenvalue weighted by Gasteiger charge is -2.42. The molecule has 0 N–H and O–H groups in total. The van der Waals surface area contributed by atoms with E-state index in [0.717, 1.165) is 76.5 Å². The summed E-state index contributed by atoms with van der Waals surface area (Å²) in [4.78, 5) is 28.6. The molecule has 3 aliphatic rings. The summed E-state index contributed by atoms with van der Waals surface area (Å²) in [7, 11) is 1.69. The number of rotatable bonds is 5. The van der Waals surface area contributed by atoms with Crippen molar-refractivity contribution < 1.29 is 9.53 Å². The van der Waals surface area contributed by atoms with Crippen molar-refractivity contribution >= 4 is 11.7 Å². The van der Waals surface area contributed by atoms with Crippen LogP contribution in [0.4, 0.5) is 5.82 Å². The van der Waals surface area contributed by atoms with Crippen molar-refractivity contribution in [3.63, 3.8) is 0 Å². The molecule has 0 radical (unpaired) electrons. The number of nitrogens with zero attached hydrogens (tertiary/aromatic N) is 5. The van der Waals surface area contributed by atoms with E-state index < -0.39 is 0 Å². The topological polar surface area (TPSA) is 61.8 Å². The van der Waals surface area contributed by atoms with E-state index in [1.54, 1.807) is 13.4 Å². The van der Waals surface area contributed by atoms with Crippen molar-refractivity contribution in [2.45, 2.75) is 51.2 Å². The van der Waals surface area contributed by atoms with Gasteiger partial charge < -0.3 is 14.5 Å². The van der Waals surface area contributed by atoms with E-state index >= 15 is 0 Å². The van der Waals surface area contributed by atoms with Crippen LogP contribution >= 0.6 is 0 Å². The normalized spacial score (nSPS) is 24.7. The summed E-state index contributed by atoms with van der Waals surface area (Å²) >= 11 is 0. The van der Waals surface area contributed by atoms with E-state index in [0.29, 0.717) is 18.6 Å². The maximum atomic E-state index is 12.8. The monoisotopic (exact) mass is 387 g/mol. The Balaban J connectivity index is 1.30. The Bertz CT molecular complexity index is 656. The van der Waals surface area contributed by atoms with Crippen LogP contribution in [0.3, 0.4) is 0 Å². The van der Waals surface area contributed by atoms with Crippen molar-refractivity contribution in [2.75, 3.05) is 51.3 Å². The summed E-state index contributed by atoms with van der Waals surface area (Å²) in [5.41, 5.74) is 0.925. The first-order chi connectivity index (χ1) is 13.7. The minimum atomic E-state index is 0.211. The van der Waals surface area contributed by atoms with Crippen molar-refractivity contribution in [1.82, 2.24) is 19.8 Å². The SMILES string of the molecule is COCc1cc(N2CCC(N3CCCC(C(=O)N4CCCC4)C3)CC2)ncn1. The van der Waals surface area contributed by atoms with E-state index in [1.165, 1.54) is 12.8 Å². The molecule has 1 amide bonds. The smallest absolute Gasteiger partial charge is 0.226 e. The molecule has 0 bridgehead atoms. The van der Waals surface area contributed by atoms with Crippen LogP contribution < -0.4 is 4.90 Å². The summed E-state index contributed by atoms with van der Waals surface area (Å²) in [6.07, 6.45) is 8.47.